The Morgan fingerprint density at radius 1 is 1.21 bits per heavy atom. The minimum absolute atomic E-state index is 0.0559. The van der Waals surface area contributed by atoms with Crippen molar-refractivity contribution in [3.63, 3.8) is 0 Å². The summed E-state index contributed by atoms with van der Waals surface area (Å²) in [4.78, 5) is -0.0992. The fourth-order valence-electron chi connectivity index (χ4n) is 3.39. The van der Waals surface area contributed by atoms with Crippen LogP contribution in [-0.2, 0) is 10.0 Å². The first kappa shape index (κ1) is 25.4. The van der Waals surface area contributed by atoms with E-state index in [1.807, 2.05) is 19.9 Å². The Labute approximate surface area is 197 Å². The molecule has 1 saturated heterocycles. The van der Waals surface area contributed by atoms with Gasteiger partial charge < -0.3 is 19.7 Å². The molecule has 180 valence electrons. The van der Waals surface area contributed by atoms with Gasteiger partial charge in [0.25, 0.3) is 0 Å². The smallest absolute Gasteiger partial charge is 0.243 e. The normalized spacial score (nSPS) is 20.6. The molecular weight excluding hydrogens is 465 g/mol. The fourth-order valence-corrected chi connectivity index (χ4v) is 4.90. The van der Waals surface area contributed by atoms with Gasteiger partial charge in [0.15, 0.2) is 11.5 Å². The first-order chi connectivity index (χ1) is 16.0. The number of ether oxygens (including phenoxy) is 2. The second kappa shape index (κ2) is 9.95. The second-order valence-electron chi connectivity index (χ2n) is 8.40. The van der Waals surface area contributed by atoms with Crippen LogP contribution in [0.2, 0.25) is 0 Å². The highest BCUT2D eigenvalue weighted by atomic mass is 32.2. The zero-order valence-electron chi connectivity index (χ0n) is 18.6. The monoisotopic (exact) mass is 489 g/mol. The standard InChI is InChI=1S/C23H24FN3O6S/c1-15(2)12-32-20-7-17(10-26)19(24)8-21(20)33-22-11-27(13-23(22,29)14-28)34(30,31)18-5-3-16(9-25)4-6-18/h3-8,15,22,28-29H,11-14H2,1-2H3/t22?,23-/m1/s1. The Morgan fingerprint density at radius 3 is 2.44 bits per heavy atom. The number of nitriles is 2. The fraction of sp³-hybridized carbons (Fsp3) is 0.391. The predicted octanol–water partition coefficient (Wildman–Crippen LogP) is 1.78. The van der Waals surface area contributed by atoms with Crippen molar-refractivity contribution >= 4 is 10.0 Å². The van der Waals surface area contributed by atoms with Crippen molar-refractivity contribution in [3.8, 4) is 23.6 Å². The van der Waals surface area contributed by atoms with Crippen LogP contribution in [0.1, 0.15) is 25.0 Å². The first-order valence-corrected chi connectivity index (χ1v) is 11.8. The van der Waals surface area contributed by atoms with Crippen molar-refractivity contribution in [2.45, 2.75) is 30.4 Å². The zero-order chi connectivity index (χ0) is 25.1. The quantitative estimate of drug-likeness (QED) is 0.571. The van der Waals surface area contributed by atoms with Gasteiger partial charge in [-0.3, -0.25) is 0 Å². The molecule has 1 aliphatic heterocycles. The molecule has 0 aromatic heterocycles. The number of sulfonamides is 1. The van der Waals surface area contributed by atoms with Crippen molar-refractivity contribution in [2.24, 2.45) is 5.92 Å². The van der Waals surface area contributed by atoms with E-state index in [0.29, 0.717) is 0 Å². The number of aliphatic hydroxyl groups is 2. The number of benzene rings is 2. The van der Waals surface area contributed by atoms with Crippen LogP contribution in [-0.4, -0.2) is 60.9 Å². The maximum Gasteiger partial charge on any atom is 0.243 e. The van der Waals surface area contributed by atoms with E-state index in [9.17, 15) is 23.0 Å². The largest absolute Gasteiger partial charge is 0.489 e. The van der Waals surface area contributed by atoms with Gasteiger partial charge in [0, 0.05) is 18.7 Å². The molecule has 34 heavy (non-hydrogen) atoms. The Morgan fingerprint density at radius 2 is 1.88 bits per heavy atom. The average molecular weight is 490 g/mol. The summed E-state index contributed by atoms with van der Waals surface area (Å²) in [6.07, 6.45) is -1.26. The molecule has 1 unspecified atom stereocenters. The summed E-state index contributed by atoms with van der Waals surface area (Å²) in [6.45, 7) is 2.38. The lowest BCUT2D eigenvalue weighted by atomic mass is 10.0. The summed E-state index contributed by atoms with van der Waals surface area (Å²) in [5.41, 5.74) is -1.97. The first-order valence-electron chi connectivity index (χ1n) is 10.4. The topological polar surface area (TPSA) is 144 Å². The number of aliphatic hydroxyl groups excluding tert-OH is 1. The Hall–Kier alpha value is -3.22. The molecule has 0 spiro atoms. The summed E-state index contributed by atoms with van der Waals surface area (Å²) in [5.74, 6) is -0.841. The molecule has 9 nitrogen and oxygen atoms in total. The third-order valence-electron chi connectivity index (χ3n) is 5.31. The van der Waals surface area contributed by atoms with Gasteiger partial charge in [-0.15, -0.1) is 0 Å². The Balaban J connectivity index is 1.92. The third kappa shape index (κ3) is 5.13. The summed E-state index contributed by atoms with van der Waals surface area (Å²) < 4.78 is 52.9. The molecule has 1 fully saturated rings. The van der Waals surface area contributed by atoms with Crippen LogP contribution >= 0.6 is 0 Å². The van der Waals surface area contributed by atoms with Crippen molar-refractivity contribution in [1.29, 1.82) is 10.5 Å². The van der Waals surface area contributed by atoms with E-state index in [1.165, 1.54) is 30.3 Å². The Kier molecular flexibility index (Phi) is 7.44. The minimum atomic E-state index is -4.10. The molecule has 2 aromatic rings. The highest BCUT2D eigenvalue weighted by Crippen LogP contribution is 2.36. The minimum Gasteiger partial charge on any atom is -0.489 e. The van der Waals surface area contributed by atoms with Gasteiger partial charge in [-0.1, -0.05) is 13.8 Å². The van der Waals surface area contributed by atoms with Crippen LogP contribution < -0.4 is 9.47 Å². The molecule has 3 rings (SSSR count). The van der Waals surface area contributed by atoms with Crippen LogP contribution in [0.4, 0.5) is 4.39 Å². The van der Waals surface area contributed by atoms with Gasteiger partial charge >= 0.3 is 0 Å². The van der Waals surface area contributed by atoms with Crippen LogP contribution in [0, 0.1) is 34.4 Å². The SMILES string of the molecule is CC(C)COc1cc(C#N)c(F)cc1OC1CN(S(=O)(=O)c2ccc(C#N)cc2)C[C@@]1(O)CO. The predicted molar refractivity (Wildman–Crippen MR) is 118 cm³/mol. The van der Waals surface area contributed by atoms with Crippen molar-refractivity contribution < 1.29 is 32.5 Å². The second-order valence-corrected chi connectivity index (χ2v) is 10.3. The number of nitrogens with zero attached hydrogens (tertiary/aromatic N) is 3. The average Bonchev–Trinajstić information content (AvgIpc) is 3.16. The van der Waals surface area contributed by atoms with Crippen LogP contribution in [0.3, 0.4) is 0 Å². The molecule has 1 aliphatic rings. The molecule has 2 atom stereocenters. The molecule has 11 heteroatoms. The van der Waals surface area contributed by atoms with Gasteiger partial charge in [0.1, 0.15) is 23.6 Å². The summed E-state index contributed by atoms with van der Waals surface area (Å²) in [6, 6.07) is 11.0. The number of hydrogen-bond donors (Lipinski definition) is 2. The highest BCUT2D eigenvalue weighted by molar-refractivity contribution is 7.89. The lowest BCUT2D eigenvalue weighted by molar-refractivity contribution is -0.0647. The lowest BCUT2D eigenvalue weighted by Gasteiger charge is -2.28. The van der Waals surface area contributed by atoms with Crippen LogP contribution in [0.15, 0.2) is 41.3 Å². The van der Waals surface area contributed by atoms with E-state index in [4.69, 9.17) is 20.0 Å². The van der Waals surface area contributed by atoms with E-state index in [-0.39, 0.29) is 46.6 Å². The summed E-state index contributed by atoms with van der Waals surface area (Å²) in [5, 5.41) is 38.8. The Bertz CT molecular complexity index is 1240. The third-order valence-corrected chi connectivity index (χ3v) is 7.14. The molecule has 0 aliphatic carbocycles. The van der Waals surface area contributed by atoms with Gasteiger partial charge in [-0.2, -0.15) is 14.8 Å². The zero-order valence-corrected chi connectivity index (χ0v) is 19.4. The molecule has 1 heterocycles. The van der Waals surface area contributed by atoms with Crippen molar-refractivity contribution in [1.82, 2.24) is 4.31 Å². The van der Waals surface area contributed by atoms with Gasteiger partial charge in [-0.05, 0) is 30.2 Å². The molecule has 0 bridgehead atoms. The molecule has 0 radical (unpaired) electrons. The number of β-amino-alcohol motifs (C(OH)–C–C–N with tert-alkyl or cyclic N) is 1. The molecule has 2 aromatic carbocycles. The van der Waals surface area contributed by atoms with Crippen molar-refractivity contribution in [2.75, 3.05) is 26.3 Å². The number of rotatable bonds is 8. The van der Waals surface area contributed by atoms with Crippen LogP contribution in [0.5, 0.6) is 11.5 Å². The van der Waals surface area contributed by atoms with Crippen molar-refractivity contribution in [3.05, 3.63) is 53.3 Å². The summed E-state index contributed by atoms with van der Waals surface area (Å²) >= 11 is 0. The van der Waals surface area contributed by atoms with E-state index in [2.05, 4.69) is 0 Å². The van der Waals surface area contributed by atoms with Gasteiger partial charge in [0.05, 0.1) is 41.9 Å². The molecule has 0 amide bonds. The lowest BCUT2D eigenvalue weighted by Crippen LogP contribution is -2.48. The maximum atomic E-state index is 14.3. The molecular formula is C23H24FN3O6S. The van der Waals surface area contributed by atoms with Gasteiger partial charge in [-0.25, -0.2) is 12.8 Å². The number of halogens is 1. The summed E-state index contributed by atoms with van der Waals surface area (Å²) in [7, 11) is -4.10. The van der Waals surface area contributed by atoms with E-state index in [1.54, 1.807) is 6.07 Å². The van der Waals surface area contributed by atoms with Gasteiger partial charge in [0.2, 0.25) is 10.0 Å². The van der Waals surface area contributed by atoms with E-state index in [0.717, 1.165) is 10.4 Å². The van der Waals surface area contributed by atoms with E-state index < -0.39 is 40.7 Å². The van der Waals surface area contributed by atoms with E-state index >= 15 is 0 Å². The molecule has 2 N–H and O–H groups in total. The maximum absolute atomic E-state index is 14.3. The molecule has 0 saturated carbocycles. The highest BCUT2D eigenvalue weighted by Gasteiger charge is 2.51. The number of hydrogen-bond acceptors (Lipinski definition) is 8. The van der Waals surface area contributed by atoms with Crippen LogP contribution in [0.25, 0.3) is 0 Å².